The maximum Gasteiger partial charge on any atom is 0.324 e. The zero-order chi connectivity index (χ0) is 15.6. The van der Waals surface area contributed by atoms with Gasteiger partial charge < -0.3 is 9.80 Å². The highest BCUT2D eigenvalue weighted by Gasteiger charge is 2.33. The lowest BCUT2D eigenvalue weighted by Gasteiger charge is -2.44. The van der Waals surface area contributed by atoms with Crippen LogP contribution in [0.15, 0.2) is 24.3 Å². The molecule has 4 heteroatoms. The summed E-state index contributed by atoms with van der Waals surface area (Å²) >= 11 is 0. The van der Waals surface area contributed by atoms with E-state index in [1.54, 1.807) is 0 Å². The van der Waals surface area contributed by atoms with E-state index in [-0.39, 0.29) is 6.03 Å². The summed E-state index contributed by atoms with van der Waals surface area (Å²) in [7, 11) is 0. The van der Waals surface area contributed by atoms with Crippen LogP contribution in [0.3, 0.4) is 0 Å². The average Bonchev–Trinajstić information content (AvgIpc) is 3.15. The highest BCUT2D eigenvalue weighted by Crippen LogP contribution is 2.37. The Morgan fingerprint density at radius 2 is 1.52 bits per heavy atom. The van der Waals surface area contributed by atoms with Gasteiger partial charge in [-0.2, -0.15) is 0 Å². The molecule has 1 saturated carbocycles. The summed E-state index contributed by atoms with van der Waals surface area (Å²) < 4.78 is 0. The number of rotatable bonds is 1. The summed E-state index contributed by atoms with van der Waals surface area (Å²) in [4.78, 5) is 19.5. The van der Waals surface area contributed by atoms with Crippen molar-refractivity contribution in [2.75, 3.05) is 36.0 Å². The molecular weight excluding hydrogens is 286 g/mol. The number of urea groups is 1. The van der Waals surface area contributed by atoms with Gasteiger partial charge in [-0.25, -0.2) is 4.79 Å². The minimum Gasteiger partial charge on any atom is -0.365 e. The first kappa shape index (κ1) is 14.9. The van der Waals surface area contributed by atoms with E-state index >= 15 is 0 Å². The zero-order valence-electron chi connectivity index (χ0n) is 13.9. The van der Waals surface area contributed by atoms with Gasteiger partial charge in [-0.3, -0.25) is 4.90 Å². The highest BCUT2D eigenvalue weighted by molar-refractivity contribution is 5.97. The van der Waals surface area contributed by atoms with Crippen molar-refractivity contribution < 1.29 is 4.79 Å². The van der Waals surface area contributed by atoms with Crippen LogP contribution in [0.25, 0.3) is 0 Å². The first-order valence-corrected chi connectivity index (χ1v) is 9.27. The van der Waals surface area contributed by atoms with Gasteiger partial charge in [-0.1, -0.05) is 31.4 Å². The molecule has 124 valence electrons. The summed E-state index contributed by atoms with van der Waals surface area (Å²) in [6, 6.07) is 9.37. The third-order valence-electron chi connectivity index (χ3n) is 5.67. The van der Waals surface area contributed by atoms with Crippen LogP contribution in [-0.4, -0.2) is 43.2 Å². The van der Waals surface area contributed by atoms with E-state index in [1.165, 1.54) is 37.8 Å². The number of carbonyl (C=O) groups is 1. The van der Waals surface area contributed by atoms with Crippen LogP contribution in [-0.2, 0) is 0 Å². The van der Waals surface area contributed by atoms with Gasteiger partial charge in [0.05, 0.1) is 11.4 Å². The van der Waals surface area contributed by atoms with E-state index in [9.17, 15) is 4.79 Å². The lowest BCUT2D eigenvalue weighted by molar-refractivity contribution is 0.215. The van der Waals surface area contributed by atoms with Crippen LogP contribution >= 0.6 is 0 Å². The minimum absolute atomic E-state index is 0.207. The van der Waals surface area contributed by atoms with Crippen LogP contribution in [0.5, 0.6) is 0 Å². The summed E-state index contributed by atoms with van der Waals surface area (Å²) in [6.07, 6.45) is 8.97. The summed E-state index contributed by atoms with van der Waals surface area (Å²) in [5.41, 5.74) is 2.37. The smallest absolute Gasteiger partial charge is 0.324 e. The molecule has 1 aliphatic carbocycles. The van der Waals surface area contributed by atoms with Crippen molar-refractivity contribution in [3.8, 4) is 0 Å². The Morgan fingerprint density at radius 3 is 2.26 bits per heavy atom. The highest BCUT2D eigenvalue weighted by atomic mass is 16.2. The second-order valence-electron chi connectivity index (χ2n) is 7.10. The van der Waals surface area contributed by atoms with E-state index < -0.39 is 0 Å². The third-order valence-corrected chi connectivity index (χ3v) is 5.67. The first-order valence-electron chi connectivity index (χ1n) is 9.27. The number of anilines is 2. The van der Waals surface area contributed by atoms with E-state index in [0.29, 0.717) is 6.04 Å². The van der Waals surface area contributed by atoms with Gasteiger partial charge in [0.2, 0.25) is 0 Å². The van der Waals surface area contributed by atoms with Crippen LogP contribution in [0.4, 0.5) is 16.2 Å². The largest absolute Gasteiger partial charge is 0.365 e. The van der Waals surface area contributed by atoms with Crippen molar-refractivity contribution in [1.29, 1.82) is 0 Å². The standard InChI is InChI=1S/C19H27N3O/c23-19(20-12-6-7-13-20)22-15-14-21(16-8-2-1-3-9-16)17-10-4-5-11-18(17)22/h4-5,10-11,16H,1-3,6-9,12-15H2. The zero-order valence-corrected chi connectivity index (χ0v) is 13.9. The van der Waals surface area contributed by atoms with E-state index in [0.717, 1.165) is 44.7 Å². The molecule has 0 bridgehead atoms. The van der Waals surface area contributed by atoms with E-state index in [4.69, 9.17) is 0 Å². The molecule has 0 atom stereocenters. The molecular formula is C19H27N3O. The molecule has 1 aromatic carbocycles. The molecule has 4 rings (SSSR count). The Morgan fingerprint density at radius 1 is 0.826 bits per heavy atom. The maximum atomic E-state index is 12.9. The Bertz CT molecular complexity index is 561. The van der Waals surface area contributed by atoms with Crippen LogP contribution in [0.2, 0.25) is 0 Å². The van der Waals surface area contributed by atoms with Crippen molar-refractivity contribution in [1.82, 2.24) is 4.90 Å². The van der Waals surface area contributed by atoms with Gasteiger partial charge in [-0.15, -0.1) is 0 Å². The molecule has 2 amide bonds. The molecule has 2 fully saturated rings. The normalized spacial score (nSPS) is 22.3. The van der Waals surface area contributed by atoms with Crippen molar-refractivity contribution >= 4 is 17.4 Å². The number of hydrogen-bond acceptors (Lipinski definition) is 2. The fourth-order valence-corrected chi connectivity index (χ4v) is 4.43. The average molecular weight is 313 g/mol. The number of hydrogen-bond donors (Lipinski definition) is 0. The second-order valence-corrected chi connectivity index (χ2v) is 7.10. The summed E-state index contributed by atoms with van der Waals surface area (Å²) in [5, 5.41) is 0. The van der Waals surface area contributed by atoms with Crippen molar-refractivity contribution in [2.45, 2.75) is 51.0 Å². The number of amides is 2. The summed E-state index contributed by atoms with van der Waals surface area (Å²) in [6.45, 7) is 3.64. The SMILES string of the molecule is O=C(N1CCCC1)N1CCN(C2CCCCC2)c2ccccc21. The Labute approximate surface area is 139 Å². The number of nitrogens with zero attached hydrogens (tertiary/aromatic N) is 3. The quantitative estimate of drug-likeness (QED) is 0.787. The molecule has 2 aliphatic heterocycles. The molecule has 0 unspecified atom stereocenters. The molecule has 4 nitrogen and oxygen atoms in total. The van der Waals surface area contributed by atoms with Crippen molar-refractivity contribution in [3.05, 3.63) is 24.3 Å². The van der Waals surface area contributed by atoms with Crippen molar-refractivity contribution in [3.63, 3.8) is 0 Å². The van der Waals surface area contributed by atoms with Gasteiger partial charge in [0, 0.05) is 32.2 Å². The van der Waals surface area contributed by atoms with Crippen LogP contribution in [0, 0.1) is 0 Å². The third kappa shape index (κ3) is 2.79. The number of carbonyl (C=O) groups excluding carboxylic acids is 1. The first-order chi connectivity index (χ1) is 11.3. The lowest BCUT2D eigenvalue weighted by atomic mass is 9.93. The minimum atomic E-state index is 0.207. The Balaban J connectivity index is 1.60. The van der Waals surface area contributed by atoms with E-state index in [1.807, 2.05) is 9.80 Å². The molecule has 0 spiro atoms. The molecule has 1 aromatic rings. The Hall–Kier alpha value is -1.71. The molecule has 0 radical (unpaired) electrons. The fraction of sp³-hybridized carbons (Fsp3) is 0.632. The summed E-state index contributed by atoms with van der Waals surface area (Å²) in [5.74, 6) is 0. The predicted molar refractivity (Wildman–Crippen MR) is 94.2 cm³/mol. The molecule has 1 saturated heterocycles. The molecule has 0 N–H and O–H groups in total. The Kier molecular flexibility index (Phi) is 4.15. The maximum absolute atomic E-state index is 12.9. The number of para-hydroxylation sites is 2. The second kappa shape index (κ2) is 6.42. The number of fused-ring (bicyclic) bond motifs is 1. The molecule has 23 heavy (non-hydrogen) atoms. The molecule has 2 heterocycles. The van der Waals surface area contributed by atoms with Gasteiger partial charge in [-0.05, 0) is 37.8 Å². The monoisotopic (exact) mass is 313 g/mol. The van der Waals surface area contributed by atoms with Crippen molar-refractivity contribution in [2.24, 2.45) is 0 Å². The van der Waals surface area contributed by atoms with E-state index in [2.05, 4.69) is 29.2 Å². The molecule has 0 aromatic heterocycles. The topological polar surface area (TPSA) is 26.8 Å². The predicted octanol–water partition coefficient (Wildman–Crippen LogP) is 3.86. The fourth-order valence-electron chi connectivity index (χ4n) is 4.43. The molecule has 3 aliphatic rings. The number of likely N-dealkylation sites (tertiary alicyclic amines) is 1. The van der Waals surface area contributed by atoms with Gasteiger partial charge in [0.25, 0.3) is 0 Å². The van der Waals surface area contributed by atoms with Gasteiger partial charge in [0.1, 0.15) is 0 Å². The van der Waals surface area contributed by atoms with Gasteiger partial charge in [0.15, 0.2) is 0 Å². The number of benzene rings is 1. The van der Waals surface area contributed by atoms with Crippen LogP contribution in [0.1, 0.15) is 44.9 Å². The van der Waals surface area contributed by atoms with Gasteiger partial charge >= 0.3 is 6.03 Å². The lowest BCUT2D eigenvalue weighted by Crippen LogP contribution is -2.51. The van der Waals surface area contributed by atoms with Crippen LogP contribution < -0.4 is 9.80 Å².